The highest BCUT2D eigenvalue weighted by molar-refractivity contribution is 5.97. The van der Waals surface area contributed by atoms with Crippen LogP contribution in [-0.4, -0.2) is 65.4 Å². The van der Waals surface area contributed by atoms with Gasteiger partial charge in [0.25, 0.3) is 11.7 Å². The topological polar surface area (TPSA) is 258 Å². The van der Waals surface area contributed by atoms with Crippen LogP contribution < -0.4 is 33.2 Å². The van der Waals surface area contributed by atoms with Crippen LogP contribution >= 0.6 is 0 Å². The summed E-state index contributed by atoms with van der Waals surface area (Å²) < 4.78 is 0. The summed E-state index contributed by atoms with van der Waals surface area (Å²) in [5.41, 5.74) is 16.0. The maximum atomic E-state index is 12.6. The van der Waals surface area contributed by atoms with E-state index >= 15 is 0 Å². The molecule has 0 spiro atoms. The monoisotopic (exact) mass is 482 g/mol. The van der Waals surface area contributed by atoms with Gasteiger partial charge in [-0.3, -0.25) is 34.3 Å². The standard InChI is InChI=1S/C17H26N8O5.C2H4O2/c18-8-7-14(26)22-10-15(27)24-13(2-1-9-21-17(19)20)16(28)23-11-3-5-12(6-4-11)25(29)30;1-2(3)4/h3-6,13H,1-2,7-10,18H2,(H,22,26)(H,23,28)(H,24,27)(H4,19,20,21);1H3,(H,3,4)/t13-;/m0./s1. The molecule has 15 nitrogen and oxygen atoms in total. The van der Waals surface area contributed by atoms with E-state index in [2.05, 4.69) is 20.9 Å². The fourth-order valence-electron chi connectivity index (χ4n) is 2.31. The molecule has 0 radical (unpaired) electrons. The second kappa shape index (κ2) is 16.4. The molecule has 0 saturated heterocycles. The van der Waals surface area contributed by atoms with E-state index < -0.39 is 28.7 Å². The molecular formula is C19H30N8O7. The summed E-state index contributed by atoms with van der Waals surface area (Å²) in [7, 11) is 0. The van der Waals surface area contributed by atoms with Crippen LogP contribution in [0.1, 0.15) is 26.2 Å². The van der Waals surface area contributed by atoms with Crippen LogP contribution in [0.5, 0.6) is 0 Å². The number of nitrogens with one attached hydrogen (secondary N) is 3. The Kier molecular flexibility index (Phi) is 14.3. The van der Waals surface area contributed by atoms with Crippen molar-refractivity contribution in [3.05, 3.63) is 34.4 Å². The summed E-state index contributed by atoms with van der Waals surface area (Å²) in [5.74, 6) is -2.40. The van der Waals surface area contributed by atoms with Gasteiger partial charge in [0, 0.05) is 44.3 Å². The number of carbonyl (C=O) groups excluding carboxylic acids is 3. The van der Waals surface area contributed by atoms with Gasteiger partial charge in [-0.25, -0.2) is 0 Å². The van der Waals surface area contributed by atoms with E-state index in [9.17, 15) is 24.5 Å². The number of aliphatic carboxylic acids is 1. The van der Waals surface area contributed by atoms with Crippen LogP contribution in [0.15, 0.2) is 29.3 Å². The summed E-state index contributed by atoms with van der Waals surface area (Å²) in [6.07, 6.45) is 0.698. The number of aliphatic imine (C=N–C) groups is 1. The number of hydrogen-bond acceptors (Lipinski definition) is 8. The highest BCUT2D eigenvalue weighted by Crippen LogP contribution is 2.16. The Hall–Kier alpha value is -4.27. The van der Waals surface area contributed by atoms with Crippen molar-refractivity contribution >= 4 is 41.0 Å². The van der Waals surface area contributed by atoms with E-state index in [1.165, 1.54) is 24.3 Å². The lowest BCUT2D eigenvalue weighted by Crippen LogP contribution is -2.47. The number of non-ortho nitro benzene ring substituents is 1. The van der Waals surface area contributed by atoms with E-state index in [1.807, 2.05) is 0 Å². The zero-order chi connectivity index (χ0) is 26.1. The molecule has 188 valence electrons. The first-order valence-corrected chi connectivity index (χ1v) is 10.0. The highest BCUT2D eigenvalue weighted by Gasteiger charge is 2.21. The Balaban J connectivity index is 0.00000251. The quantitative estimate of drug-likeness (QED) is 0.0604. The molecule has 1 atom stereocenters. The smallest absolute Gasteiger partial charge is 0.300 e. The number of hydrogen-bond donors (Lipinski definition) is 7. The van der Waals surface area contributed by atoms with Gasteiger partial charge in [0.1, 0.15) is 6.04 Å². The van der Waals surface area contributed by atoms with E-state index in [0.29, 0.717) is 12.1 Å². The first-order valence-electron chi connectivity index (χ1n) is 10.0. The molecule has 0 saturated carbocycles. The van der Waals surface area contributed by atoms with Gasteiger partial charge in [-0.1, -0.05) is 0 Å². The average Bonchev–Trinajstić information content (AvgIpc) is 2.74. The molecule has 1 rings (SSSR count). The maximum absolute atomic E-state index is 12.6. The number of rotatable bonds is 12. The third-order valence-electron chi connectivity index (χ3n) is 3.76. The summed E-state index contributed by atoms with van der Waals surface area (Å²) in [4.78, 5) is 59.1. The van der Waals surface area contributed by atoms with Gasteiger partial charge in [-0.05, 0) is 25.0 Å². The molecule has 1 aromatic carbocycles. The van der Waals surface area contributed by atoms with E-state index in [1.54, 1.807) is 0 Å². The molecule has 0 aliphatic carbocycles. The highest BCUT2D eigenvalue weighted by atomic mass is 16.6. The van der Waals surface area contributed by atoms with Crippen LogP contribution in [0, 0.1) is 10.1 Å². The van der Waals surface area contributed by atoms with Gasteiger partial charge in [0.2, 0.25) is 17.7 Å². The number of nitrogens with zero attached hydrogens (tertiary/aromatic N) is 2. The zero-order valence-electron chi connectivity index (χ0n) is 18.7. The van der Waals surface area contributed by atoms with Gasteiger partial charge in [0.15, 0.2) is 5.96 Å². The van der Waals surface area contributed by atoms with Gasteiger partial charge < -0.3 is 38.3 Å². The van der Waals surface area contributed by atoms with Crippen LogP contribution in [0.2, 0.25) is 0 Å². The number of nitro benzene ring substituents is 1. The van der Waals surface area contributed by atoms with Crippen LogP contribution in [-0.2, 0) is 19.2 Å². The van der Waals surface area contributed by atoms with Crippen molar-refractivity contribution in [2.45, 2.75) is 32.2 Å². The molecule has 10 N–H and O–H groups in total. The summed E-state index contributed by atoms with van der Waals surface area (Å²) >= 11 is 0. The lowest BCUT2D eigenvalue weighted by atomic mass is 10.1. The summed E-state index contributed by atoms with van der Waals surface area (Å²) in [6, 6.07) is 4.31. The van der Waals surface area contributed by atoms with Crippen molar-refractivity contribution in [2.24, 2.45) is 22.2 Å². The molecule has 0 aliphatic rings. The first kappa shape index (κ1) is 29.7. The molecule has 0 aromatic heterocycles. The number of carboxylic acid groups (broad SMARTS) is 1. The van der Waals surface area contributed by atoms with E-state index in [4.69, 9.17) is 27.1 Å². The largest absolute Gasteiger partial charge is 0.481 e. The fraction of sp³-hybridized carbons (Fsp3) is 0.421. The van der Waals surface area contributed by atoms with Gasteiger partial charge in [0.05, 0.1) is 11.5 Å². The van der Waals surface area contributed by atoms with Gasteiger partial charge in [-0.15, -0.1) is 0 Å². The number of benzene rings is 1. The van der Waals surface area contributed by atoms with Crippen LogP contribution in [0.25, 0.3) is 0 Å². The van der Waals surface area contributed by atoms with Crippen molar-refractivity contribution in [3.8, 4) is 0 Å². The number of guanidine groups is 1. The summed E-state index contributed by atoms with van der Waals surface area (Å²) in [5, 5.41) is 25.6. The normalized spacial score (nSPS) is 10.5. The Morgan fingerprint density at radius 3 is 2.24 bits per heavy atom. The minimum atomic E-state index is -0.937. The lowest BCUT2D eigenvalue weighted by Gasteiger charge is -2.18. The Morgan fingerprint density at radius 2 is 1.74 bits per heavy atom. The molecule has 0 unspecified atom stereocenters. The minimum Gasteiger partial charge on any atom is -0.481 e. The van der Waals surface area contributed by atoms with E-state index in [-0.39, 0.29) is 50.0 Å². The number of anilines is 1. The molecule has 34 heavy (non-hydrogen) atoms. The molecule has 0 heterocycles. The molecule has 1 aromatic rings. The zero-order valence-corrected chi connectivity index (χ0v) is 18.7. The molecule has 15 heteroatoms. The Labute approximate surface area is 195 Å². The van der Waals surface area contributed by atoms with Crippen molar-refractivity contribution in [1.82, 2.24) is 10.6 Å². The van der Waals surface area contributed by atoms with Gasteiger partial charge >= 0.3 is 0 Å². The number of nitro groups is 1. The van der Waals surface area contributed by atoms with Crippen LogP contribution in [0.3, 0.4) is 0 Å². The fourth-order valence-corrected chi connectivity index (χ4v) is 2.31. The Bertz CT molecular complexity index is 866. The molecule has 0 aliphatic heterocycles. The van der Waals surface area contributed by atoms with Crippen LogP contribution in [0.4, 0.5) is 11.4 Å². The molecule has 0 bridgehead atoms. The third kappa shape index (κ3) is 14.7. The predicted octanol–water partition coefficient (Wildman–Crippen LogP) is -1.37. The third-order valence-corrected chi connectivity index (χ3v) is 3.76. The Morgan fingerprint density at radius 1 is 1.15 bits per heavy atom. The molecule has 3 amide bonds. The summed E-state index contributed by atoms with van der Waals surface area (Å²) in [6.45, 7) is 1.18. The molecule has 0 fully saturated rings. The predicted molar refractivity (Wildman–Crippen MR) is 124 cm³/mol. The van der Waals surface area contributed by atoms with Crippen molar-refractivity contribution in [3.63, 3.8) is 0 Å². The molecular weight excluding hydrogens is 452 g/mol. The number of nitrogens with two attached hydrogens (primary N) is 3. The van der Waals surface area contributed by atoms with Crippen molar-refractivity contribution in [1.29, 1.82) is 0 Å². The SMILES string of the molecule is CC(=O)O.NCCC(=O)NCC(=O)N[C@@H](CCCN=C(N)N)C(=O)Nc1ccc([N+](=O)[O-])cc1. The second-order valence-electron chi connectivity index (χ2n) is 6.70. The number of carboxylic acids is 1. The minimum absolute atomic E-state index is 0.0792. The van der Waals surface area contributed by atoms with Crippen molar-refractivity contribution < 1.29 is 29.2 Å². The van der Waals surface area contributed by atoms with E-state index in [0.717, 1.165) is 6.92 Å². The second-order valence-corrected chi connectivity index (χ2v) is 6.70. The lowest BCUT2D eigenvalue weighted by molar-refractivity contribution is -0.384. The average molecular weight is 482 g/mol. The van der Waals surface area contributed by atoms with Crippen molar-refractivity contribution in [2.75, 3.05) is 25.0 Å². The number of carbonyl (C=O) groups is 4. The first-order chi connectivity index (χ1) is 16.0. The number of amides is 3. The maximum Gasteiger partial charge on any atom is 0.300 e. The van der Waals surface area contributed by atoms with Gasteiger partial charge in [-0.2, -0.15) is 0 Å².